The van der Waals surface area contributed by atoms with Crippen LogP contribution in [0.1, 0.15) is 65.2 Å². The highest BCUT2D eigenvalue weighted by Crippen LogP contribution is 2.34. The van der Waals surface area contributed by atoms with Crippen molar-refractivity contribution in [2.24, 2.45) is 5.41 Å². The minimum Gasteiger partial charge on any atom is -0.393 e. The molecule has 2 N–H and O–H groups in total. The molecule has 3 nitrogen and oxygen atoms in total. The highest BCUT2D eigenvalue weighted by atomic mass is 16.3. The molecular formula is C14H27NO2. The van der Waals surface area contributed by atoms with Crippen LogP contribution in [-0.2, 0) is 4.79 Å². The van der Waals surface area contributed by atoms with Gasteiger partial charge in [-0.25, -0.2) is 0 Å². The molecule has 3 heteroatoms. The van der Waals surface area contributed by atoms with Gasteiger partial charge in [0.05, 0.1) is 6.10 Å². The van der Waals surface area contributed by atoms with Crippen LogP contribution in [-0.4, -0.2) is 23.7 Å². The van der Waals surface area contributed by atoms with Crippen molar-refractivity contribution in [2.75, 3.05) is 6.54 Å². The largest absolute Gasteiger partial charge is 0.393 e. The summed E-state index contributed by atoms with van der Waals surface area (Å²) < 4.78 is 0. The summed E-state index contributed by atoms with van der Waals surface area (Å²) in [7, 11) is 0. The fraction of sp³-hybridized carbons (Fsp3) is 0.929. The summed E-state index contributed by atoms with van der Waals surface area (Å²) in [4.78, 5) is 12.1. The van der Waals surface area contributed by atoms with Crippen LogP contribution in [0.15, 0.2) is 0 Å². The number of aliphatic hydroxyl groups is 1. The van der Waals surface area contributed by atoms with Gasteiger partial charge in [-0.2, -0.15) is 0 Å². The van der Waals surface area contributed by atoms with Crippen LogP contribution in [0.3, 0.4) is 0 Å². The average molecular weight is 241 g/mol. The van der Waals surface area contributed by atoms with E-state index >= 15 is 0 Å². The first kappa shape index (κ1) is 14.5. The smallest absolute Gasteiger partial charge is 0.225 e. The van der Waals surface area contributed by atoms with Gasteiger partial charge < -0.3 is 10.4 Å². The summed E-state index contributed by atoms with van der Waals surface area (Å²) >= 11 is 0. The molecule has 0 heterocycles. The molecule has 1 aliphatic carbocycles. The first-order valence-electron chi connectivity index (χ1n) is 7.05. The molecule has 100 valence electrons. The van der Waals surface area contributed by atoms with Gasteiger partial charge in [0, 0.05) is 12.0 Å². The minimum absolute atomic E-state index is 0.173. The van der Waals surface area contributed by atoms with E-state index in [9.17, 15) is 9.90 Å². The number of aliphatic hydroxyl groups excluding tert-OH is 1. The number of carbonyl (C=O) groups is 1. The average Bonchev–Trinajstić information content (AvgIpc) is 2.54. The van der Waals surface area contributed by atoms with Crippen molar-refractivity contribution in [1.29, 1.82) is 0 Å². The van der Waals surface area contributed by atoms with Crippen molar-refractivity contribution in [3.05, 3.63) is 0 Å². The number of carbonyl (C=O) groups excluding carboxylic acids is 1. The van der Waals surface area contributed by atoms with Gasteiger partial charge in [0.2, 0.25) is 5.91 Å². The summed E-state index contributed by atoms with van der Waals surface area (Å²) in [5.41, 5.74) is -0.173. The SMILES string of the molecule is CCC(O)CCNC(=O)C1(C)CCCCCC1. The molecule has 0 spiro atoms. The van der Waals surface area contributed by atoms with Gasteiger partial charge in [0.1, 0.15) is 0 Å². The van der Waals surface area contributed by atoms with E-state index in [1.54, 1.807) is 0 Å². The standard InChI is InChI=1S/C14H27NO2/c1-3-12(16)8-11-15-13(17)14(2)9-6-4-5-7-10-14/h12,16H,3-11H2,1-2H3,(H,15,17). The molecular weight excluding hydrogens is 214 g/mol. The molecule has 0 bridgehead atoms. The highest BCUT2D eigenvalue weighted by molar-refractivity contribution is 5.82. The zero-order valence-electron chi connectivity index (χ0n) is 11.3. The molecule has 1 unspecified atom stereocenters. The molecule has 1 rings (SSSR count). The van der Waals surface area contributed by atoms with Crippen molar-refractivity contribution in [3.63, 3.8) is 0 Å². The lowest BCUT2D eigenvalue weighted by Gasteiger charge is -2.26. The second kappa shape index (κ2) is 7.00. The number of rotatable bonds is 5. The molecule has 1 aliphatic rings. The van der Waals surface area contributed by atoms with Gasteiger partial charge >= 0.3 is 0 Å². The third kappa shape index (κ3) is 4.66. The van der Waals surface area contributed by atoms with Gasteiger partial charge in [-0.05, 0) is 25.7 Å². The summed E-state index contributed by atoms with van der Waals surface area (Å²) in [6, 6.07) is 0. The molecule has 0 radical (unpaired) electrons. The Hall–Kier alpha value is -0.570. The second-order valence-electron chi connectivity index (χ2n) is 5.58. The first-order chi connectivity index (χ1) is 8.08. The summed E-state index contributed by atoms with van der Waals surface area (Å²) in [5.74, 6) is 0.183. The predicted octanol–water partition coefficient (Wildman–Crippen LogP) is 2.62. The van der Waals surface area contributed by atoms with Crippen LogP contribution < -0.4 is 5.32 Å². The lowest BCUT2D eigenvalue weighted by atomic mass is 9.81. The van der Waals surface area contributed by atoms with Gasteiger partial charge in [0.15, 0.2) is 0 Å². The van der Waals surface area contributed by atoms with E-state index in [4.69, 9.17) is 0 Å². The minimum atomic E-state index is -0.280. The molecule has 1 fully saturated rings. The molecule has 1 amide bonds. The molecule has 0 saturated heterocycles. The molecule has 0 aliphatic heterocycles. The molecule has 0 aromatic carbocycles. The normalized spacial score (nSPS) is 21.6. The lowest BCUT2D eigenvalue weighted by molar-refractivity contribution is -0.131. The van der Waals surface area contributed by atoms with Gasteiger partial charge in [-0.15, -0.1) is 0 Å². The molecule has 0 aromatic heterocycles. The zero-order valence-corrected chi connectivity index (χ0v) is 11.3. The monoisotopic (exact) mass is 241 g/mol. The number of hydrogen-bond acceptors (Lipinski definition) is 2. The molecule has 17 heavy (non-hydrogen) atoms. The van der Waals surface area contributed by atoms with Crippen molar-refractivity contribution in [1.82, 2.24) is 5.32 Å². The Balaban J connectivity index is 2.34. The van der Waals surface area contributed by atoms with Crippen LogP contribution in [0.5, 0.6) is 0 Å². The van der Waals surface area contributed by atoms with Crippen LogP contribution >= 0.6 is 0 Å². The Morgan fingerprint density at radius 3 is 2.41 bits per heavy atom. The highest BCUT2D eigenvalue weighted by Gasteiger charge is 2.33. The van der Waals surface area contributed by atoms with E-state index in [0.717, 1.165) is 19.3 Å². The van der Waals surface area contributed by atoms with E-state index in [1.807, 2.05) is 6.92 Å². The molecule has 1 atom stereocenters. The Morgan fingerprint density at radius 1 is 1.29 bits per heavy atom. The van der Waals surface area contributed by atoms with E-state index in [-0.39, 0.29) is 17.4 Å². The Labute approximate surface area is 105 Å². The van der Waals surface area contributed by atoms with Crippen molar-refractivity contribution in [3.8, 4) is 0 Å². The Kier molecular flexibility index (Phi) is 5.96. The van der Waals surface area contributed by atoms with Crippen LogP contribution in [0.2, 0.25) is 0 Å². The second-order valence-corrected chi connectivity index (χ2v) is 5.58. The van der Waals surface area contributed by atoms with Crippen molar-refractivity contribution in [2.45, 2.75) is 71.3 Å². The maximum absolute atomic E-state index is 12.1. The van der Waals surface area contributed by atoms with E-state index in [2.05, 4.69) is 12.2 Å². The molecule has 1 saturated carbocycles. The Bertz CT molecular complexity index is 232. The van der Waals surface area contributed by atoms with Crippen LogP contribution in [0.4, 0.5) is 0 Å². The van der Waals surface area contributed by atoms with Crippen molar-refractivity contribution < 1.29 is 9.90 Å². The topological polar surface area (TPSA) is 49.3 Å². The summed E-state index contributed by atoms with van der Waals surface area (Å²) in [6.07, 6.45) is 8.02. The third-order valence-corrected chi connectivity index (χ3v) is 3.99. The lowest BCUT2D eigenvalue weighted by Crippen LogP contribution is -2.39. The van der Waals surface area contributed by atoms with Gasteiger partial charge in [-0.3, -0.25) is 4.79 Å². The summed E-state index contributed by atoms with van der Waals surface area (Å²) in [5, 5.41) is 12.4. The fourth-order valence-electron chi connectivity index (χ4n) is 2.51. The fourth-order valence-corrected chi connectivity index (χ4v) is 2.51. The van der Waals surface area contributed by atoms with Gasteiger partial charge in [-0.1, -0.05) is 39.5 Å². The maximum atomic E-state index is 12.1. The van der Waals surface area contributed by atoms with Crippen LogP contribution in [0, 0.1) is 5.41 Å². The molecule has 0 aromatic rings. The zero-order chi connectivity index (χ0) is 12.7. The van der Waals surface area contributed by atoms with Crippen LogP contribution in [0.25, 0.3) is 0 Å². The first-order valence-corrected chi connectivity index (χ1v) is 7.05. The van der Waals surface area contributed by atoms with E-state index < -0.39 is 0 Å². The maximum Gasteiger partial charge on any atom is 0.225 e. The van der Waals surface area contributed by atoms with E-state index in [1.165, 1.54) is 25.7 Å². The van der Waals surface area contributed by atoms with Crippen molar-refractivity contribution >= 4 is 5.91 Å². The predicted molar refractivity (Wildman–Crippen MR) is 69.7 cm³/mol. The number of amides is 1. The summed E-state index contributed by atoms with van der Waals surface area (Å²) in [6.45, 7) is 4.65. The third-order valence-electron chi connectivity index (χ3n) is 3.99. The number of hydrogen-bond donors (Lipinski definition) is 2. The quantitative estimate of drug-likeness (QED) is 0.727. The van der Waals surface area contributed by atoms with Gasteiger partial charge in [0.25, 0.3) is 0 Å². The number of nitrogens with one attached hydrogen (secondary N) is 1. The van der Waals surface area contributed by atoms with E-state index in [0.29, 0.717) is 13.0 Å². The Morgan fingerprint density at radius 2 is 1.88 bits per heavy atom.